The van der Waals surface area contributed by atoms with E-state index >= 15 is 0 Å². The summed E-state index contributed by atoms with van der Waals surface area (Å²) in [6.07, 6.45) is 3.78. The van der Waals surface area contributed by atoms with Crippen molar-refractivity contribution >= 4 is 33.0 Å². The van der Waals surface area contributed by atoms with Crippen molar-refractivity contribution in [3.8, 4) is 0 Å². The summed E-state index contributed by atoms with van der Waals surface area (Å²) < 4.78 is 14.1. The van der Waals surface area contributed by atoms with Crippen LogP contribution in [0, 0.1) is 5.82 Å². The van der Waals surface area contributed by atoms with Gasteiger partial charge >= 0.3 is 0 Å². The fourth-order valence-electron chi connectivity index (χ4n) is 2.30. The van der Waals surface area contributed by atoms with Gasteiger partial charge in [0.25, 0.3) is 5.91 Å². The summed E-state index contributed by atoms with van der Waals surface area (Å²) in [6, 6.07) is 4.72. The second-order valence-electron chi connectivity index (χ2n) is 4.96. The quantitative estimate of drug-likeness (QED) is 0.877. The number of carbonyl (C=O) groups is 1. The molecular weight excluding hydrogens is 275 g/mol. The number of nitrogens with zero attached hydrogens (tertiary/aromatic N) is 1. The SMILES string of the molecule is C=CCN(C(=O)c1sc2ccc(F)cc2c1N)C1CC1. The molecule has 2 aromatic rings. The molecule has 1 aromatic heterocycles. The molecule has 3 rings (SSSR count). The van der Waals surface area contributed by atoms with Crippen molar-refractivity contribution in [2.75, 3.05) is 12.3 Å². The van der Waals surface area contributed by atoms with E-state index in [-0.39, 0.29) is 11.7 Å². The standard InChI is InChI=1S/C15H15FN2OS/c1-2-7-18(10-4-5-10)15(19)14-13(17)11-8-9(16)3-6-12(11)20-14/h2-3,6,8,10H,1,4-5,7,17H2. The molecule has 20 heavy (non-hydrogen) atoms. The first-order chi connectivity index (χ1) is 9.61. The van der Waals surface area contributed by atoms with Crippen molar-refractivity contribution in [1.29, 1.82) is 0 Å². The Morgan fingerprint density at radius 2 is 2.30 bits per heavy atom. The number of amides is 1. The lowest BCUT2D eigenvalue weighted by Gasteiger charge is -2.20. The first-order valence-electron chi connectivity index (χ1n) is 6.51. The molecule has 3 nitrogen and oxygen atoms in total. The molecule has 1 aromatic carbocycles. The number of thiophene rings is 1. The summed E-state index contributed by atoms with van der Waals surface area (Å²) in [5, 5.41) is 0.618. The number of nitrogen functional groups attached to an aromatic ring is 1. The number of benzene rings is 1. The van der Waals surface area contributed by atoms with Crippen LogP contribution < -0.4 is 5.73 Å². The normalized spacial score (nSPS) is 14.4. The third-order valence-corrected chi connectivity index (χ3v) is 4.63. The Bertz CT molecular complexity index is 690. The summed E-state index contributed by atoms with van der Waals surface area (Å²) in [6.45, 7) is 4.21. The van der Waals surface area contributed by atoms with Crippen LogP contribution in [0.15, 0.2) is 30.9 Å². The second kappa shape index (κ2) is 4.90. The molecule has 5 heteroatoms. The molecule has 0 atom stereocenters. The molecule has 0 saturated heterocycles. The Kier molecular flexibility index (Phi) is 3.22. The lowest BCUT2D eigenvalue weighted by Crippen LogP contribution is -2.33. The Hall–Kier alpha value is -1.88. The van der Waals surface area contributed by atoms with E-state index in [1.54, 1.807) is 17.0 Å². The van der Waals surface area contributed by atoms with Gasteiger partial charge in [0.05, 0.1) is 5.69 Å². The number of anilines is 1. The van der Waals surface area contributed by atoms with Crippen molar-refractivity contribution < 1.29 is 9.18 Å². The van der Waals surface area contributed by atoms with Gasteiger partial charge in [0.1, 0.15) is 10.7 Å². The molecule has 1 aliphatic rings. The first-order valence-corrected chi connectivity index (χ1v) is 7.33. The van der Waals surface area contributed by atoms with E-state index in [1.165, 1.54) is 23.5 Å². The largest absolute Gasteiger partial charge is 0.397 e. The Morgan fingerprint density at radius 3 is 2.95 bits per heavy atom. The molecule has 1 amide bonds. The Balaban J connectivity index is 2.02. The fraction of sp³-hybridized carbons (Fsp3) is 0.267. The lowest BCUT2D eigenvalue weighted by molar-refractivity contribution is 0.0768. The van der Waals surface area contributed by atoms with Crippen molar-refractivity contribution in [3.63, 3.8) is 0 Å². The molecule has 0 bridgehead atoms. The minimum absolute atomic E-state index is 0.0773. The molecule has 0 radical (unpaired) electrons. The first kappa shape index (κ1) is 13.1. The monoisotopic (exact) mass is 290 g/mol. The van der Waals surface area contributed by atoms with E-state index < -0.39 is 0 Å². The highest BCUT2D eigenvalue weighted by atomic mass is 32.1. The lowest BCUT2D eigenvalue weighted by atomic mass is 10.2. The van der Waals surface area contributed by atoms with Crippen LogP contribution in [0.4, 0.5) is 10.1 Å². The van der Waals surface area contributed by atoms with Gasteiger partial charge in [-0.2, -0.15) is 0 Å². The Morgan fingerprint density at radius 1 is 1.55 bits per heavy atom. The van der Waals surface area contributed by atoms with Crippen LogP contribution in [0.3, 0.4) is 0 Å². The van der Waals surface area contributed by atoms with Gasteiger partial charge in [0.15, 0.2) is 0 Å². The molecule has 1 aliphatic carbocycles. The van der Waals surface area contributed by atoms with Crippen molar-refractivity contribution in [2.45, 2.75) is 18.9 Å². The minimum atomic E-state index is -0.342. The molecule has 104 valence electrons. The molecule has 0 aliphatic heterocycles. The van der Waals surface area contributed by atoms with E-state index in [0.29, 0.717) is 28.5 Å². The number of fused-ring (bicyclic) bond motifs is 1. The van der Waals surface area contributed by atoms with Crippen LogP contribution >= 0.6 is 11.3 Å². The van der Waals surface area contributed by atoms with Crippen LogP contribution in [0.2, 0.25) is 0 Å². The van der Waals surface area contributed by atoms with Gasteiger partial charge in [-0.15, -0.1) is 17.9 Å². The van der Waals surface area contributed by atoms with Crippen LogP contribution in [0.5, 0.6) is 0 Å². The molecule has 1 heterocycles. The summed E-state index contributed by atoms with van der Waals surface area (Å²) in [5.41, 5.74) is 6.41. The molecular formula is C15H15FN2OS. The van der Waals surface area contributed by atoms with Gasteiger partial charge in [-0.05, 0) is 31.0 Å². The summed E-state index contributed by atoms with van der Waals surface area (Å²) in [7, 11) is 0. The zero-order valence-corrected chi connectivity index (χ0v) is 11.8. The highest BCUT2D eigenvalue weighted by molar-refractivity contribution is 7.21. The van der Waals surface area contributed by atoms with Gasteiger partial charge in [0.2, 0.25) is 0 Å². The van der Waals surface area contributed by atoms with Crippen LogP contribution in [-0.2, 0) is 0 Å². The molecule has 1 fully saturated rings. The summed E-state index contributed by atoms with van der Waals surface area (Å²) in [4.78, 5) is 14.9. The zero-order valence-electron chi connectivity index (χ0n) is 10.9. The van der Waals surface area contributed by atoms with E-state index in [0.717, 1.165) is 17.5 Å². The van der Waals surface area contributed by atoms with Gasteiger partial charge in [-0.1, -0.05) is 6.08 Å². The van der Waals surface area contributed by atoms with Gasteiger partial charge < -0.3 is 10.6 Å². The second-order valence-corrected chi connectivity index (χ2v) is 6.01. The van der Waals surface area contributed by atoms with E-state index in [2.05, 4.69) is 6.58 Å². The van der Waals surface area contributed by atoms with E-state index in [9.17, 15) is 9.18 Å². The number of halogens is 1. The summed E-state index contributed by atoms with van der Waals surface area (Å²) >= 11 is 1.32. The van der Waals surface area contributed by atoms with Crippen LogP contribution in [0.25, 0.3) is 10.1 Å². The van der Waals surface area contributed by atoms with Crippen LogP contribution in [0.1, 0.15) is 22.5 Å². The van der Waals surface area contributed by atoms with Gasteiger partial charge in [-0.25, -0.2) is 4.39 Å². The van der Waals surface area contributed by atoms with Gasteiger partial charge in [-0.3, -0.25) is 4.79 Å². The number of hydrogen-bond donors (Lipinski definition) is 1. The smallest absolute Gasteiger partial charge is 0.266 e. The summed E-state index contributed by atoms with van der Waals surface area (Å²) in [5.74, 6) is -0.419. The number of hydrogen-bond acceptors (Lipinski definition) is 3. The maximum atomic E-state index is 13.3. The van der Waals surface area contributed by atoms with Gasteiger partial charge in [0, 0.05) is 22.7 Å². The predicted octanol–water partition coefficient (Wildman–Crippen LogP) is 3.41. The highest BCUT2D eigenvalue weighted by Gasteiger charge is 2.33. The maximum Gasteiger partial charge on any atom is 0.266 e. The number of rotatable bonds is 4. The molecule has 0 spiro atoms. The maximum absolute atomic E-state index is 13.3. The third kappa shape index (κ3) is 2.18. The highest BCUT2D eigenvalue weighted by Crippen LogP contribution is 2.37. The van der Waals surface area contributed by atoms with E-state index in [4.69, 9.17) is 5.73 Å². The minimum Gasteiger partial charge on any atom is -0.397 e. The fourth-order valence-corrected chi connectivity index (χ4v) is 3.36. The topological polar surface area (TPSA) is 46.3 Å². The van der Waals surface area contributed by atoms with Crippen molar-refractivity contribution in [3.05, 3.63) is 41.5 Å². The number of nitrogens with two attached hydrogens (primary N) is 1. The average molecular weight is 290 g/mol. The zero-order chi connectivity index (χ0) is 14.3. The number of carbonyl (C=O) groups excluding carboxylic acids is 1. The molecule has 0 unspecified atom stereocenters. The van der Waals surface area contributed by atoms with Crippen molar-refractivity contribution in [2.24, 2.45) is 0 Å². The third-order valence-electron chi connectivity index (χ3n) is 3.46. The van der Waals surface area contributed by atoms with Crippen LogP contribution in [-0.4, -0.2) is 23.4 Å². The molecule has 1 saturated carbocycles. The van der Waals surface area contributed by atoms with E-state index in [1.807, 2.05) is 0 Å². The predicted molar refractivity (Wildman–Crippen MR) is 80.5 cm³/mol. The Labute approximate surface area is 120 Å². The molecule has 2 N–H and O–H groups in total. The van der Waals surface area contributed by atoms with Crippen molar-refractivity contribution in [1.82, 2.24) is 4.90 Å². The average Bonchev–Trinajstić information content (AvgIpc) is 3.22.